The lowest BCUT2D eigenvalue weighted by molar-refractivity contribution is 0.195. The van der Waals surface area contributed by atoms with Crippen LogP contribution >= 0.6 is 0 Å². The second kappa shape index (κ2) is 7.89. The van der Waals surface area contributed by atoms with E-state index in [-0.39, 0.29) is 6.03 Å². The molecule has 1 aromatic carbocycles. The van der Waals surface area contributed by atoms with Crippen molar-refractivity contribution in [3.8, 4) is 5.75 Å². The van der Waals surface area contributed by atoms with Crippen molar-refractivity contribution < 1.29 is 9.53 Å². The Balaban J connectivity index is 1.68. The molecule has 0 saturated heterocycles. The van der Waals surface area contributed by atoms with Gasteiger partial charge in [-0.3, -0.25) is 4.98 Å². The van der Waals surface area contributed by atoms with E-state index in [0.29, 0.717) is 19.7 Å². The minimum atomic E-state index is -0.129. The molecule has 0 aliphatic heterocycles. The number of hydrogen-bond acceptors (Lipinski definition) is 3. The normalized spacial score (nSPS) is 9.95. The van der Waals surface area contributed by atoms with Gasteiger partial charge < -0.3 is 15.0 Å². The molecule has 0 spiro atoms. The van der Waals surface area contributed by atoms with Crippen LogP contribution < -0.4 is 10.1 Å². The van der Waals surface area contributed by atoms with Crippen molar-refractivity contribution in [2.45, 2.75) is 6.54 Å². The van der Waals surface area contributed by atoms with E-state index in [0.717, 1.165) is 11.3 Å². The molecule has 0 atom stereocenters. The van der Waals surface area contributed by atoms with Gasteiger partial charge in [0.1, 0.15) is 12.4 Å². The third kappa shape index (κ3) is 5.14. The largest absolute Gasteiger partial charge is 0.492 e. The molecule has 1 heterocycles. The number of carbonyl (C=O) groups excluding carboxylic acids is 1. The standard InChI is InChI=1S/C16H19N3O2/c1-19(10-11-21-15-7-3-2-4-8-15)16(20)18-13-14-6-5-9-17-12-14/h2-9,12H,10-11,13H2,1H3,(H,18,20). The lowest BCUT2D eigenvalue weighted by atomic mass is 10.3. The molecule has 5 nitrogen and oxygen atoms in total. The van der Waals surface area contributed by atoms with Crippen LogP contribution in [-0.4, -0.2) is 36.1 Å². The Kier molecular flexibility index (Phi) is 5.58. The molecule has 0 fully saturated rings. The van der Waals surface area contributed by atoms with E-state index in [1.54, 1.807) is 24.3 Å². The van der Waals surface area contributed by atoms with Gasteiger partial charge in [-0.15, -0.1) is 0 Å². The van der Waals surface area contributed by atoms with E-state index in [9.17, 15) is 4.79 Å². The fraction of sp³-hybridized carbons (Fsp3) is 0.250. The smallest absolute Gasteiger partial charge is 0.317 e. The Morgan fingerprint density at radius 3 is 2.76 bits per heavy atom. The first kappa shape index (κ1) is 14.8. The van der Waals surface area contributed by atoms with Gasteiger partial charge in [-0.25, -0.2) is 4.79 Å². The van der Waals surface area contributed by atoms with Gasteiger partial charge in [0.15, 0.2) is 0 Å². The molecule has 2 rings (SSSR count). The molecule has 1 N–H and O–H groups in total. The van der Waals surface area contributed by atoms with E-state index in [1.807, 2.05) is 42.5 Å². The highest BCUT2D eigenvalue weighted by atomic mass is 16.5. The number of benzene rings is 1. The molecular weight excluding hydrogens is 266 g/mol. The highest BCUT2D eigenvalue weighted by molar-refractivity contribution is 5.73. The molecule has 5 heteroatoms. The first-order valence-electron chi connectivity index (χ1n) is 6.81. The van der Waals surface area contributed by atoms with Crippen molar-refractivity contribution in [3.05, 3.63) is 60.4 Å². The summed E-state index contributed by atoms with van der Waals surface area (Å²) in [6, 6.07) is 13.2. The number of ether oxygens (including phenoxy) is 1. The van der Waals surface area contributed by atoms with Gasteiger partial charge in [0, 0.05) is 26.0 Å². The van der Waals surface area contributed by atoms with Crippen molar-refractivity contribution in [2.75, 3.05) is 20.2 Å². The number of hydrogen-bond donors (Lipinski definition) is 1. The number of amides is 2. The fourth-order valence-electron chi connectivity index (χ4n) is 1.73. The van der Waals surface area contributed by atoms with E-state index in [4.69, 9.17) is 4.74 Å². The first-order chi connectivity index (χ1) is 10.3. The van der Waals surface area contributed by atoms with Gasteiger partial charge in [0.2, 0.25) is 0 Å². The van der Waals surface area contributed by atoms with Crippen LogP contribution in [0, 0.1) is 0 Å². The van der Waals surface area contributed by atoms with Crippen LogP contribution in [0.2, 0.25) is 0 Å². The number of rotatable bonds is 6. The van der Waals surface area contributed by atoms with Crippen molar-refractivity contribution in [1.82, 2.24) is 15.2 Å². The van der Waals surface area contributed by atoms with Crippen LogP contribution in [0.5, 0.6) is 5.75 Å². The highest BCUT2D eigenvalue weighted by Gasteiger charge is 2.07. The first-order valence-corrected chi connectivity index (χ1v) is 6.81. The summed E-state index contributed by atoms with van der Waals surface area (Å²) in [7, 11) is 1.74. The fourth-order valence-corrected chi connectivity index (χ4v) is 1.73. The van der Waals surface area contributed by atoms with Crippen molar-refractivity contribution in [1.29, 1.82) is 0 Å². The maximum Gasteiger partial charge on any atom is 0.317 e. The number of pyridine rings is 1. The summed E-state index contributed by atoms with van der Waals surface area (Å²) in [6.07, 6.45) is 3.44. The highest BCUT2D eigenvalue weighted by Crippen LogP contribution is 2.07. The molecule has 1 aromatic heterocycles. The zero-order valence-corrected chi connectivity index (χ0v) is 12.0. The third-order valence-electron chi connectivity index (χ3n) is 2.95. The molecular formula is C16H19N3O2. The summed E-state index contributed by atoms with van der Waals surface area (Å²) in [5.74, 6) is 0.807. The summed E-state index contributed by atoms with van der Waals surface area (Å²) in [4.78, 5) is 17.5. The summed E-state index contributed by atoms with van der Waals surface area (Å²) < 4.78 is 5.56. The molecule has 21 heavy (non-hydrogen) atoms. The minimum Gasteiger partial charge on any atom is -0.492 e. The number of nitrogens with zero attached hydrogens (tertiary/aromatic N) is 2. The van der Waals surface area contributed by atoms with E-state index in [1.165, 1.54) is 0 Å². The number of likely N-dealkylation sites (N-methyl/N-ethyl adjacent to an activating group) is 1. The molecule has 0 aliphatic carbocycles. The van der Waals surface area contributed by atoms with Gasteiger partial charge in [-0.1, -0.05) is 24.3 Å². The lowest BCUT2D eigenvalue weighted by Gasteiger charge is -2.18. The van der Waals surface area contributed by atoms with Crippen molar-refractivity contribution >= 4 is 6.03 Å². The molecule has 2 amide bonds. The Bertz CT molecular complexity index is 546. The third-order valence-corrected chi connectivity index (χ3v) is 2.95. The zero-order chi connectivity index (χ0) is 14.9. The molecule has 0 bridgehead atoms. The summed E-state index contributed by atoms with van der Waals surface area (Å²) in [5.41, 5.74) is 0.972. The van der Waals surface area contributed by atoms with Gasteiger partial charge in [0.05, 0.1) is 6.54 Å². The maximum atomic E-state index is 11.9. The van der Waals surface area contributed by atoms with Crippen LogP contribution in [-0.2, 0) is 6.54 Å². The predicted octanol–water partition coefficient (Wildman–Crippen LogP) is 2.30. The van der Waals surface area contributed by atoms with E-state index in [2.05, 4.69) is 10.3 Å². The Hall–Kier alpha value is -2.56. The van der Waals surface area contributed by atoms with Gasteiger partial charge in [0.25, 0.3) is 0 Å². The predicted molar refractivity (Wildman–Crippen MR) is 81.0 cm³/mol. The van der Waals surface area contributed by atoms with Crippen LogP contribution in [0.25, 0.3) is 0 Å². The number of urea groups is 1. The van der Waals surface area contributed by atoms with Crippen LogP contribution in [0.4, 0.5) is 4.79 Å². The van der Waals surface area contributed by atoms with Crippen LogP contribution in [0.3, 0.4) is 0 Å². The summed E-state index contributed by atoms with van der Waals surface area (Å²) >= 11 is 0. The minimum absolute atomic E-state index is 0.129. The second-order valence-corrected chi connectivity index (χ2v) is 4.60. The number of nitrogens with one attached hydrogen (secondary N) is 1. The topological polar surface area (TPSA) is 54.5 Å². The summed E-state index contributed by atoms with van der Waals surface area (Å²) in [6.45, 7) is 1.45. The number of carbonyl (C=O) groups is 1. The van der Waals surface area contributed by atoms with Crippen LogP contribution in [0.1, 0.15) is 5.56 Å². The maximum absolute atomic E-state index is 11.9. The Labute approximate surface area is 124 Å². The summed E-state index contributed by atoms with van der Waals surface area (Å²) in [5, 5.41) is 2.84. The zero-order valence-electron chi connectivity index (χ0n) is 12.0. The number of aromatic nitrogens is 1. The Morgan fingerprint density at radius 2 is 2.05 bits per heavy atom. The molecule has 0 saturated carbocycles. The van der Waals surface area contributed by atoms with Gasteiger partial charge >= 0.3 is 6.03 Å². The van der Waals surface area contributed by atoms with Gasteiger partial charge in [-0.05, 0) is 23.8 Å². The monoisotopic (exact) mass is 285 g/mol. The molecule has 0 radical (unpaired) electrons. The second-order valence-electron chi connectivity index (χ2n) is 4.60. The quantitative estimate of drug-likeness (QED) is 0.886. The molecule has 110 valence electrons. The lowest BCUT2D eigenvalue weighted by Crippen LogP contribution is -2.39. The molecule has 2 aromatic rings. The van der Waals surface area contributed by atoms with Crippen LogP contribution in [0.15, 0.2) is 54.9 Å². The van der Waals surface area contributed by atoms with Crippen molar-refractivity contribution in [2.24, 2.45) is 0 Å². The molecule has 0 unspecified atom stereocenters. The average molecular weight is 285 g/mol. The van der Waals surface area contributed by atoms with E-state index < -0.39 is 0 Å². The molecule has 0 aliphatic rings. The van der Waals surface area contributed by atoms with Crippen molar-refractivity contribution in [3.63, 3.8) is 0 Å². The average Bonchev–Trinajstić information content (AvgIpc) is 2.54. The Morgan fingerprint density at radius 1 is 1.24 bits per heavy atom. The number of para-hydroxylation sites is 1. The SMILES string of the molecule is CN(CCOc1ccccc1)C(=O)NCc1cccnc1. The van der Waals surface area contributed by atoms with Gasteiger partial charge in [-0.2, -0.15) is 0 Å². The van der Waals surface area contributed by atoms with E-state index >= 15 is 0 Å².